The third kappa shape index (κ3) is 4.62. The lowest BCUT2D eigenvalue weighted by Crippen LogP contribution is -2.44. The first-order valence-electron chi connectivity index (χ1n) is 10.6. The van der Waals surface area contributed by atoms with E-state index in [1.807, 2.05) is 24.5 Å². The quantitative estimate of drug-likeness (QED) is 0.336. The Kier molecular flexibility index (Phi) is 6.62. The van der Waals surface area contributed by atoms with Crippen LogP contribution in [-0.2, 0) is 0 Å². The van der Waals surface area contributed by atoms with Crippen LogP contribution in [0.2, 0.25) is 0 Å². The second-order valence-electron chi connectivity index (χ2n) is 7.92. The van der Waals surface area contributed by atoms with Gasteiger partial charge in [0.25, 0.3) is 0 Å². The van der Waals surface area contributed by atoms with Crippen molar-refractivity contribution in [1.29, 1.82) is 0 Å². The lowest BCUT2D eigenvalue weighted by atomic mass is 9.91. The number of piperidine rings is 1. The number of hydrogen-bond acceptors (Lipinski definition) is 6. The van der Waals surface area contributed by atoms with Gasteiger partial charge in [0.2, 0.25) is 0 Å². The highest BCUT2D eigenvalue weighted by molar-refractivity contribution is 7.98. The number of ketones is 1. The summed E-state index contributed by atoms with van der Waals surface area (Å²) in [5.41, 5.74) is 2.13. The molecule has 1 aliphatic rings. The summed E-state index contributed by atoms with van der Waals surface area (Å²) in [6.07, 6.45) is 4.71. The van der Waals surface area contributed by atoms with Crippen molar-refractivity contribution in [2.24, 2.45) is 0 Å². The number of rotatable bonds is 7. The van der Waals surface area contributed by atoms with Crippen LogP contribution >= 0.6 is 11.8 Å². The van der Waals surface area contributed by atoms with E-state index < -0.39 is 0 Å². The monoisotopic (exact) mass is 442 g/mol. The number of Topliss-reactive ketones (excluding diaryl/α,β-unsaturated/α-hetero) is 1. The molecule has 0 spiro atoms. The number of aromatic nitrogens is 1. The summed E-state index contributed by atoms with van der Waals surface area (Å²) in [5.74, 6) is 0.848. The second kappa shape index (κ2) is 9.40. The van der Waals surface area contributed by atoms with Gasteiger partial charge in [0, 0.05) is 40.9 Å². The molecule has 1 fully saturated rings. The van der Waals surface area contributed by atoms with E-state index in [4.69, 9.17) is 9.26 Å². The lowest BCUT2D eigenvalue weighted by Gasteiger charge is -2.36. The maximum Gasteiger partial charge on any atom is 0.170 e. The van der Waals surface area contributed by atoms with Crippen LogP contribution in [0.4, 0.5) is 4.39 Å². The summed E-state index contributed by atoms with van der Waals surface area (Å²) in [7, 11) is 0. The molecule has 1 unspecified atom stereocenters. The molecule has 1 saturated heterocycles. The van der Waals surface area contributed by atoms with Crippen molar-refractivity contribution in [2.45, 2.75) is 50.2 Å². The first-order valence-corrected chi connectivity index (χ1v) is 11.9. The van der Waals surface area contributed by atoms with Crippen LogP contribution in [0.5, 0.6) is 5.75 Å². The van der Waals surface area contributed by atoms with Crippen molar-refractivity contribution in [3.8, 4) is 5.75 Å². The van der Waals surface area contributed by atoms with Crippen molar-refractivity contribution in [3.05, 3.63) is 53.5 Å². The molecule has 0 radical (unpaired) electrons. The van der Waals surface area contributed by atoms with Crippen molar-refractivity contribution < 1.29 is 18.4 Å². The highest BCUT2D eigenvalue weighted by Gasteiger charge is 2.29. The summed E-state index contributed by atoms with van der Waals surface area (Å²) < 4.78 is 25.2. The molecule has 3 aromatic rings. The molecule has 7 heteroatoms. The maximum atomic E-state index is 13.4. The largest absolute Gasteiger partial charge is 0.474 e. The van der Waals surface area contributed by atoms with Crippen LogP contribution in [0.25, 0.3) is 11.0 Å². The molecule has 0 amide bonds. The molecule has 31 heavy (non-hydrogen) atoms. The predicted molar refractivity (Wildman–Crippen MR) is 120 cm³/mol. The number of thioether (sulfide) groups is 1. The number of ether oxygens (including phenoxy) is 1. The number of halogens is 1. The van der Waals surface area contributed by atoms with Gasteiger partial charge in [-0.05, 0) is 62.8 Å². The standard InChI is InChI=1S/C24H27FN2O3S/c1-4-23(29-20-8-5-17(15(2)28)13-22(20)31-3)27-11-9-16(10-12-27)24-19-7-6-18(25)14-21(19)30-26-24/h5-8,13-14,16,23H,4,9-12H2,1-3H3. The molecule has 1 aromatic heterocycles. The molecule has 1 aliphatic heterocycles. The van der Waals surface area contributed by atoms with Gasteiger partial charge in [-0.15, -0.1) is 11.8 Å². The van der Waals surface area contributed by atoms with Crippen molar-refractivity contribution >= 4 is 28.5 Å². The van der Waals surface area contributed by atoms with Crippen LogP contribution in [0.1, 0.15) is 55.1 Å². The van der Waals surface area contributed by atoms with E-state index >= 15 is 0 Å². The fourth-order valence-corrected chi connectivity index (χ4v) is 4.79. The summed E-state index contributed by atoms with van der Waals surface area (Å²) in [5, 5.41) is 5.14. The molecule has 4 rings (SSSR count). The van der Waals surface area contributed by atoms with E-state index in [1.165, 1.54) is 12.1 Å². The molecule has 2 heterocycles. The number of likely N-dealkylation sites (tertiary alicyclic amines) is 1. The van der Waals surface area contributed by atoms with Crippen LogP contribution in [0.3, 0.4) is 0 Å². The van der Waals surface area contributed by atoms with Crippen molar-refractivity contribution in [1.82, 2.24) is 10.1 Å². The number of benzene rings is 2. The highest BCUT2D eigenvalue weighted by atomic mass is 32.2. The number of fused-ring (bicyclic) bond motifs is 1. The van der Waals surface area contributed by atoms with Gasteiger partial charge in [0.1, 0.15) is 11.6 Å². The Morgan fingerprint density at radius 1 is 1.29 bits per heavy atom. The normalized spacial score (nSPS) is 16.5. The minimum absolute atomic E-state index is 0.0295. The van der Waals surface area contributed by atoms with Gasteiger partial charge in [-0.3, -0.25) is 9.69 Å². The number of carbonyl (C=O) groups is 1. The third-order valence-corrected chi connectivity index (χ3v) is 6.73. The Balaban J connectivity index is 1.44. The topological polar surface area (TPSA) is 55.6 Å². The predicted octanol–water partition coefficient (Wildman–Crippen LogP) is 5.89. The van der Waals surface area contributed by atoms with Gasteiger partial charge in [-0.25, -0.2) is 4.39 Å². The van der Waals surface area contributed by atoms with Gasteiger partial charge in [-0.1, -0.05) is 12.1 Å². The number of nitrogens with zero attached hydrogens (tertiary/aromatic N) is 2. The fraction of sp³-hybridized carbons (Fsp3) is 0.417. The van der Waals surface area contributed by atoms with E-state index in [-0.39, 0.29) is 23.7 Å². The van der Waals surface area contributed by atoms with Gasteiger partial charge < -0.3 is 9.26 Å². The smallest absolute Gasteiger partial charge is 0.170 e. The number of hydrogen-bond donors (Lipinski definition) is 0. The zero-order valence-electron chi connectivity index (χ0n) is 18.1. The van der Waals surface area contributed by atoms with Crippen molar-refractivity contribution in [3.63, 3.8) is 0 Å². The first-order chi connectivity index (χ1) is 15.0. The fourth-order valence-electron chi connectivity index (χ4n) is 4.23. The van der Waals surface area contributed by atoms with E-state index in [0.29, 0.717) is 11.1 Å². The van der Waals surface area contributed by atoms with Crippen LogP contribution < -0.4 is 4.74 Å². The Bertz CT molecular complexity index is 1080. The molecule has 164 valence electrons. The zero-order chi connectivity index (χ0) is 22.0. The highest BCUT2D eigenvalue weighted by Crippen LogP contribution is 2.35. The van der Waals surface area contributed by atoms with Gasteiger partial charge >= 0.3 is 0 Å². The summed E-state index contributed by atoms with van der Waals surface area (Å²) in [6.45, 7) is 5.48. The Labute approximate surface area is 185 Å². The minimum Gasteiger partial charge on any atom is -0.474 e. The molecule has 5 nitrogen and oxygen atoms in total. The van der Waals surface area contributed by atoms with E-state index in [9.17, 15) is 9.18 Å². The van der Waals surface area contributed by atoms with E-state index in [0.717, 1.165) is 54.1 Å². The van der Waals surface area contributed by atoms with E-state index in [1.54, 1.807) is 24.8 Å². The molecule has 0 aliphatic carbocycles. The van der Waals surface area contributed by atoms with Crippen LogP contribution in [-0.4, -0.2) is 41.4 Å². The van der Waals surface area contributed by atoms with Crippen LogP contribution in [0.15, 0.2) is 45.8 Å². The Hall–Kier alpha value is -2.38. The number of carbonyl (C=O) groups excluding carboxylic acids is 1. The molecule has 1 atom stereocenters. The summed E-state index contributed by atoms with van der Waals surface area (Å²) in [4.78, 5) is 15.0. The van der Waals surface area contributed by atoms with E-state index in [2.05, 4.69) is 17.0 Å². The molecule has 0 bridgehead atoms. The summed E-state index contributed by atoms with van der Waals surface area (Å²) >= 11 is 1.59. The van der Waals surface area contributed by atoms with Gasteiger partial charge in [-0.2, -0.15) is 0 Å². The van der Waals surface area contributed by atoms with Crippen molar-refractivity contribution in [2.75, 3.05) is 19.3 Å². The molecular weight excluding hydrogens is 415 g/mol. The summed E-state index contributed by atoms with van der Waals surface area (Å²) in [6, 6.07) is 10.2. The van der Waals surface area contributed by atoms with Crippen LogP contribution in [0, 0.1) is 5.82 Å². The van der Waals surface area contributed by atoms with Gasteiger partial charge in [0.05, 0.1) is 5.69 Å². The minimum atomic E-state index is -0.311. The second-order valence-corrected chi connectivity index (χ2v) is 8.77. The zero-order valence-corrected chi connectivity index (χ0v) is 18.9. The third-order valence-electron chi connectivity index (χ3n) is 5.97. The molecular formula is C24H27FN2O3S. The average molecular weight is 443 g/mol. The molecule has 2 aromatic carbocycles. The Morgan fingerprint density at radius 3 is 2.74 bits per heavy atom. The molecule has 0 N–H and O–H groups in total. The SMILES string of the molecule is CCC(Oc1ccc(C(C)=O)cc1SC)N1CCC(c2noc3cc(F)ccc23)CC1. The average Bonchev–Trinajstić information content (AvgIpc) is 3.20. The first kappa shape index (κ1) is 21.8. The maximum absolute atomic E-state index is 13.4. The lowest BCUT2D eigenvalue weighted by molar-refractivity contribution is 0.00408. The Morgan fingerprint density at radius 2 is 2.06 bits per heavy atom. The van der Waals surface area contributed by atoms with Gasteiger partial charge in [0.15, 0.2) is 17.6 Å². The molecule has 0 saturated carbocycles.